The standard InChI is InChI=1S/C13H15FN4O2/c1-2-4-15-11-6-9(3-5-16-11)7-18-8-10(14)12(19)17-13(18)20/h3,5-6,8H,2,4,7H2,1H3,(H,15,16)(H,17,19,20). The monoisotopic (exact) mass is 278 g/mol. The topological polar surface area (TPSA) is 79.8 Å². The van der Waals surface area contributed by atoms with Crippen molar-refractivity contribution in [3.05, 3.63) is 56.7 Å². The number of rotatable bonds is 5. The quantitative estimate of drug-likeness (QED) is 0.853. The van der Waals surface area contributed by atoms with Gasteiger partial charge in [0, 0.05) is 12.7 Å². The molecular formula is C13H15FN4O2. The lowest BCUT2D eigenvalue weighted by atomic mass is 10.2. The lowest BCUT2D eigenvalue weighted by molar-refractivity contribution is 0.566. The minimum atomic E-state index is -1.01. The second-order valence-corrected chi connectivity index (χ2v) is 4.34. The van der Waals surface area contributed by atoms with E-state index in [1.165, 1.54) is 0 Å². The number of anilines is 1. The molecule has 0 unspecified atom stereocenters. The molecule has 0 atom stereocenters. The highest BCUT2D eigenvalue weighted by atomic mass is 19.1. The molecule has 0 amide bonds. The highest BCUT2D eigenvalue weighted by Gasteiger charge is 2.05. The molecular weight excluding hydrogens is 263 g/mol. The van der Waals surface area contributed by atoms with Crippen LogP contribution in [-0.2, 0) is 6.54 Å². The maximum Gasteiger partial charge on any atom is 0.328 e. The molecule has 0 saturated carbocycles. The molecule has 0 aliphatic heterocycles. The van der Waals surface area contributed by atoms with E-state index in [1.54, 1.807) is 18.3 Å². The fraction of sp³-hybridized carbons (Fsp3) is 0.308. The van der Waals surface area contributed by atoms with Gasteiger partial charge >= 0.3 is 5.69 Å². The number of halogens is 1. The molecule has 0 spiro atoms. The Morgan fingerprint density at radius 1 is 1.45 bits per heavy atom. The fourth-order valence-electron chi connectivity index (χ4n) is 1.72. The molecule has 0 saturated heterocycles. The summed E-state index contributed by atoms with van der Waals surface area (Å²) in [7, 11) is 0. The average molecular weight is 278 g/mol. The van der Waals surface area contributed by atoms with Gasteiger partial charge in [-0.15, -0.1) is 0 Å². The smallest absolute Gasteiger partial charge is 0.328 e. The van der Waals surface area contributed by atoms with Crippen molar-refractivity contribution in [1.82, 2.24) is 14.5 Å². The van der Waals surface area contributed by atoms with E-state index in [1.807, 2.05) is 11.9 Å². The largest absolute Gasteiger partial charge is 0.370 e. The predicted molar refractivity (Wildman–Crippen MR) is 73.4 cm³/mol. The summed E-state index contributed by atoms with van der Waals surface area (Å²) >= 11 is 0. The Labute approximate surface area is 114 Å². The zero-order valence-corrected chi connectivity index (χ0v) is 11.0. The van der Waals surface area contributed by atoms with Gasteiger partial charge in [0.25, 0.3) is 5.56 Å². The van der Waals surface area contributed by atoms with Crippen molar-refractivity contribution >= 4 is 5.82 Å². The lowest BCUT2D eigenvalue weighted by Crippen LogP contribution is -2.31. The summed E-state index contributed by atoms with van der Waals surface area (Å²) in [4.78, 5) is 28.6. The van der Waals surface area contributed by atoms with Crippen molar-refractivity contribution in [3.63, 3.8) is 0 Å². The normalized spacial score (nSPS) is 10.5. The summed E-state index contributed by atoms with van der Waals surface area (Å²) in [5.74, 6) is -0.287. The van der Waals surface area contributed by atoms with Gasteiger partial charge in [0.1, 0.15) is 5.82 Å². The number of aromatic amines is 1. The molecule has 106 valence electrons. The second-order valence-electron chi connectivity index (χ2n) is 4.34. The SMILES string of the molecule is CCCNc1cc(Cn2cc(F)c(=O)[nH]c2=O)ccn1. The fourth-order valence-corrected chi connectivity index (χ4v) is 1.72. The van der Waals surface area contributed by atoms with E-state index in [-0.39, 0.29) is 6.54 Å². The molecule has 6 nitrogen and oxygen atoms in total. The molecule has 2 heterocycles. The third-order valence-electron chi connectivity index (χ3n) is 2.70. The van der Waals surface area contributed by atoms with Crippen molar-refractivity contribution < 1.29 is 4.39 Å². The zero-order valence-electron chi connectivity index (χ0n) is 11.0. The third kappa shape index (κ3) is 3.31. The van der Waals surface area contributed by atoms with Crippen LogP contribution in [0.4, 0.5) is 10.2 Å². The maximum atomic E-state index is 13.2. The maximum absolute atomic E-state index is 13.2. The Balaban J connectivity index is 2.24. The predicted octanol–water partition coefficient (Wildman–Crippen LogP) is 0.941. The Kier molecular flexibility index (Phi) is 4.29. The zero-order chi connectivity index (χ0) is 14.5. The minimum Gasteiger partial charge on any atom is -0.370 e. The first-order valence-electron chi connectivity index (χ1n) is 6.28. The molecule has 0 fully saturated rings. The van der Waals surface area contributed by atoms with Crippen LogP contribution in [0.15, 0.2) is 34.1 Å². The van der Waals surface area contributed by atoms with Crippen LogP contribution in [0.3, 0.4) is 0 Å². The van der Waals surface area contributed by atoms with Crippen LogP contribution in [0.1, 0.15) is 18.9 Å². The van der Waals surface area contributed by atoms with Crippen LogP contribution in [0.5, 0.6) is 0 Å². The first-order chi connectivity index (χ1) is 9.60. The van der Waals surface area contributed by atoms with Gasteiger partial charge in [-0.25, -0.2) is 9.78 Å². The van der Waals surface area contributed by atoms with Crippen molar-refractivity contribution in [1.29, 1.82) is 0 Å². The van der Waals surface area contributed by atoms with Crippen LogP contribution in [0.2, 0.25) is 0 Å². The Hall–Kier alpha value is -2.44. The van der Waals surface area contributed by atoms with Crippen LogP contribution < -0.4 is 16.6 Å². The average Bonchev–Trinajstić information content (AvgIpc) is 2.43. The molecule has 2 rings (SSSR count). The summed E-state index contributed by atoms with van der Waals surface area (Å²) in [6.45, 7) is 3.00. The van der Waals surface area contributed by atoms with Crippen LogP contribution in [0, 0.1) is 5.82 Å². The van der Waals surface area contributed by atoms with Gasteiger partial charge in [-0.1, -0.05) is 6.92 Å². The highest BCUT2D eigenvalue weighted by Crippen LogP contribution is 2.07. The van der Waals surface area contributed by atoms with E-state index in [0.29, 0.717) is 5.82 Å². The van der Waals surface area contributed by atoms with Crippen molar-refractivity contribution in [2.45, 2.75) is 19.9 Å². The van der Waals surface area contributed by atoms with E-state index in [0.717, 1.165) is 29.3 Å². The van der Waals surface area contributed by atoms with E-state index in [9.17, 15) is 14.0 Å². The first-order valence-corrected chi connectivity index (χ1v) is 6.28. The second kappa shape index (κ2) is 6.14. The molecule has 7 heteroatoms. The summed E-state index contributed by atoms with van der Waals surface area (Å²) in [6, 6.07) is 3.51. The van der Waals surface area contributed by atoms with Crippen LogP contribution in [0.25, 0.3) is 0 Å². The number of nitrogens with one attached hydrogen (secondary N) is 2. The summed E-state index contributed by atoms with van der Waals surface area (Å²) in [5, 5.41) is 3.13. The van der Waals surface area contributed by atoms with E-state index < -0.39 is 17.1 Å². The van der Waals surface area contributed by atoms with E-state index in [2.05, 4.69) is 10.3 Å². The molecule has 2 N–H and O–H groups in total. The van der Waals surface area contributed by atoms with Gasteiger partial charge in [0.05, 0.1) is 12.7 Å². The van der Waals surface area contributed by atoms with Gasteiger partial charge in [0.2, 0.25) is 5.82 Å². The Morgan fingerprint density at radius 3 is 3.00 bits per heavy atom. The van der Waals surface area contributed by atoms with Gasteiger partial charge in [-0.3, -0.25) is 14.3 Å². The number of aromatic nitrogens is 3. The van der Waals surface area contributed by atoms with Gasteiger partial charge in [-0.05, 0) is 24.1 Å². The molecule has 20 heavy (non-hydrogen) atoms. The minimum absolute atomic E-state index is 0.163. The van der Waals surface area contributed by atoms with Gasteiger partial charge < -0.3 is 5.32 Å². The summed E-state index contributed by atoms with van der Waals surface area (Å²) in [5.41, 5.74) is -0.866. The number of nitrogens with zero attached hydrogens (tertiary/aromatic N) is 2. The number of pyridine rings is 1. The molecule has 0 aliphatic carbocycles. The summed E-state index contributed by atoms with van der Waals surface area (Å²) < 4.78 is 14.3. The molecule has 2 aromatic rings. The van der Waals surface area contributed by atoms with Crippen molar-refractivity contribution in [2.24, 2.45) is 0 Å². The highest BCUT2D eigenvalue weighted by molar-refractivity contribution is 5.37. The lowest BCUT2D eigenvalue weighted by Gasteiger charge is -2.08. The molecule has 2 aromatic heterocycles. The van der Waals surface area contributed by atoms with Crippen molar-refractivity contribution in [2.75, 3.05) is 11.9 Å². The molecule has 0 radical (unpaired) electrons. The first kappa shape index (κ1) is 14.0. The summed E-state index contributed by atoms with van der Waals surface area (Å²) in [6.07, 6.45) is 3.48. The number of hydrogen-bond donors (Lipinski definition) is 2. The van der Waals surface area contributed by atoms with Gasteiger partial charge in [0.15, 0.2) is 0 Å². The van der Waals surface area contributed by atoms with Crippen LogP contribution >= 0.6 is 0 Å². The van der Waals surface area contributed by atoms with E-state index in [4.69, 9.17) is 0 Å². The van der Waals surface area contributed by atoms with Crippen molar-refractivity contribution in [3.8, 4) is 0 Å². The number of hydrogen-bond acceptors (Lipinski definition) is 4. The molecule has 0 aromatic carbocycles. The molecule has 0 bridgehead atoms. The Bertz CT molecular complexity index is 708. The third-order valence-corrected chi connectivity index (χ3v) is 2.70. The number of H-pyrrole nitrogens is 1. The molecule has 0 aliphatic rings. The Morgan fingerprint density at radius 2 is 2.25 bits per heavy atom. The van der Waals surface area contributed by atoms with Gasteiger partial charge in [-0.2, -0.15) is 4.39 Å². The van der Waals surface area contributed by atoms with Crippen LogP contribution in [-0.4, -0.2) is 21.1 Å². The van der Waals surface area contributed by atoms with E-state index >= 15 is 0 Å².